The van der Waals surface area contributed by atoms with Crippen molar-refractivity contribution in [3.63, 3.8) is 0 Å². The molecule has 1 aromatic rings. The number of rotatable bonds is 17. The predicted octanol–water partition coefficient (Wildman–Crippen LogP) is -1.70. The lowest BCUT2D eigenvalue weighted by atomic mass is 9.91. The molecule has 1 fully saturated rings. The summed E-state index contributed by atoms with van der Waals surface area (Å²) >= 11 is 0. The van der Waals surface area contributed by atoms with Crippen LogP contribution in [0.5, 0.6) is 0 Å². The van der Waals surface area contributed by atoms with Gasteiger partial charge in [-0.2, -0.15) is 0 Å². The number of nitrogens with one attached hydrogen (secondary N) is 4. The minimum Gasteiger partial charge on any atom is -0.481 e. The van der Waals surface area contributed by atoms with Gasteiger partial charge in [-0.05, 0) is 48.9 Å². The van der Waals surface area contributed by atoms with E-state index in [0.717, 1.165) is 0 Å². The number of aliphatic hydroxyl groups excluding tert-OH is 3. The second kappa shape index (κ2) is 18.8. The van der Waals surface area contributed by atoms with E-state index in [0.29, 0.717) is 23.1 Å². The van der Waals surface area contributed by atoms with Crippen LogP contribution in [0, 0.1) is 5.92 Å². The monoisotopic (exact) mass is 680 g/mol. The zero-order chi connectivity index (χ0) is 36.1. The van der Waals surface area contributed by atoms with Gasteiger partial charge >= 0.3 is 11.9 Å². The molecule has 0 aliphatic carbocycles. The summed E-state index contributed by atoms with van der Waals surface area (Å²) in [6.07, 6.45) is -7.15. The zero-order valence-corrected chi connectivity index (χ0v) is 27.1. The molecule has 0 bridgehead atoms. The quantitative estimate of drug-likeness (QED) is 0.0674. The number of anilines is 1. The van der Waals surface area contributed by atoms with Gasteiger partial charge in [-0.3, -0.25) is 28.8 Å². The summed E-state index contributed by atoms with van der Waals surface area (Å²) in [6, 6.07) is 2.60. The number of aryl methyl sites for hydroxylation is 1. The molecular weight excluding hydrogens is 636 g/mol. The van der Waals surface area contributed by atoms with Crippen LogP contribution in [-0.2, 0) is 56.1 Å². The predicted molar refractivity (Wildman–Crippen MR) is 166 cm³/mol. The van der Waals surface area contributed by atoms with Crippen molar-refractivity contribution < 1.29 is 63.5 Å². The van der Waals surface area contributed by atoms with Gasteiger partial charge in [0.1, 0.15) is 43.1 Å². The molecular formula is C31H44N4O13. The van der Waals surface area contributed by atoms with E-state index in [4.69, 9.17) is 14.6 Å². The van der Waals surface area contributed by atoms with E-state index in [1.54, 1.807) is 32.0 Å². The number of aliphatic carboxylic acids is 1. The van der Waals surface area contributed by atoms with E-state index < -0.39 is 97.1 Å². The summed E-state index contributed by atoms with van der Waals surface area (Å²) < 4.78 is 10.6. The van der Waals surface area contributed by atoms with Gasteiger partial charge in [0.2, 0.25) is 23.6 Å². The van der Waals surface area contributed by atoms with Crippen molar-refractivity contribution >= 4 is 47.5 Å². The topological polar surface area (TPSA) is 267 Å². The Morgan fingerprint density at radius 3 is 2.21 bits per heavy atom. The Balaban J connectivity index is 2.07. The molecule has 1 heterocycles. The van der Waals surface area contributed by atoms with Crippen LogP contribution in [0.25, 0.3) is 0 Å². The van der Waals surface area contributed by atoms with Crippen LogP contribution in [0.1, 0.15) is 58.1 Å². The van der Waals surface area contributed by atoms with Gasteiger partial charge in [-0.1, -0.05) is 19.9 Å². The van der Waals surface area contributed by atoms with Crippen molar-refractivity contribution in [2.24, 2.45) is 5.92 Å². The number of carbonyl (C=O) groups excluding carboxylic acids is 6. The maximum atomic E-state index is 13.0. The van der Waals surface area contributed by atoms with Crippen LogP contribution in [-0.4, -0.2) is 111 Å². The van der Waals surface area contributed by atoms with E-state index in [-0.39, 0.29) is 25.9 Å². The molecule has 7 atom stereocenters. The number of carboxylic acid groups (broad SMARTS) is 1. The standard InChI is InChI=1S/C31H44N4O13/c1-15(2)26(35-24(39)12-32-23(38)9-10-25(40)41)31(46)33-16(3)30(45)34-20-7-5-19(14-47-17(4)37)18(11-20)6-8-21-27(42)29(44)28(43)22(13-36)48-21/h5,7,11,13,15-16,21-22,26-29,42-44H,6,8-10,12,14H2,1-4H3,(H,32,38)(H,33,46)(H,34,45)(H,35,39)(H,40,41)/t16-,21-,22+,26-,27-,28+,29+/m0/s1. The first kappa shape index (κ1) is 39.7. The highest BCUT2D eigenvalue weighted by Gasteiger charge is 2.43. The third kappa shape index (κ3) is 12.3. The SMILES string of the molecule is CC(=O)OCc1ccc(NC(=O)[C@H](C)NC(=O)[C@@H](NC(=O)CNC(=O)CCC(=O)O)C(C)C)cc1CC[C@@H]1O[C@H](C=O)[C@@H](O)[C@H](O)[C@H]1O. The Kier molecular flexibility index (Phi) is 15.5. The first-order valence-corrected chi connectivity index (χ1v) is 15.3. The van der Waals surface area contributed by atoms with Crippen molar-refractivity contribution in [1.29, 1.82) is 0 Å². The highest BCUT2D eigenvalue weighted by molar-refractivity contribution is 5.98. The number of ether oxygens (including phenoxy) is 2. The summed E-state index contributed by atoms with van der Waals surface area (Å²) in [5.74, 6) is -4.71. The molecule has 0 radical (unpaired) electrons. The maximum absolute atomic E-state index is 13.0. The number of hydrogen-bond acceptors (Lipinski definition) is 12. The second-order valence-corrected chi connectivity index (χ2v) is 11.7. The van der Waals surface area contributed by atoms with Gasteiger partial charge in [0.25, 0.3) is 0 Å². The molecule has 1 saturated heterocycles. The minimum atomic E-state index is -1.61. The normalized spacial score (nSPS) is 21.7. The van der Waals surface area contributed by atoms with E-state index in [2.05, 4.69) is 21.3 Å². The lowest BCUT2D eigenvalue weighted by Crippen LogP contribution is -2.58. The van der Waals surface area contributed by atoms with Gasteiger partial charge in [0, 0.05) is 19.0 Å². The van der Waals surface area contributed by atoms with E-state index in [1.165, 1.54) is 13.8 Å². The average Bonchev–Trinajstić information content (AvgIpc) is 3.02. The second-order valence-electron chi connectivity index (χ2n) is 11.7. The molecule has 48 heavy (non-hydrogen) atoms. The number of aliphatic hydroxyl groups is 3. The fourth-order valence-electron chi connectivity index (χ4n) is 4.75. The molecule has 1 aliphatic heterocycles. The van der Waals surface area contributed by atoms with E-state index >= 15 is 0 Å². The minimum absolute atomic E-state index is 0.0839. The number of carbonyl (C=O) groups is 7. The Labute approximate surface area is 276 Å². The number of aldehydes is 1. The van der Waals surface area contributed by atoms with Gasteiger partial charge < -0.3 is 56.0 Å². The Morgan fingerprint density at radius 2 is 1.60 bits per heavy atom. The van der Waals surface area contributed by atoms with Crippen molar-refractivity contribution in [2.45, 2.75) is 103 Å². The largest absolute Gasteiger partial charge is 0.481 e. The molecule has 0 aromatic heterocycles. The smallest absolute Gasteiger partial charge is 0.303 e. The van der Waals surface area contributed by atoms with Crippen LogP contribution in [0.2, 0.25) is 0 Å². The zero-order valence-electron chi connectivity index (χ0n) is 27.1. The molecule has 8 N–H and O–H groups in total. The number of hydrogen-bond donors (Lipinski definition) is 8. The average molecular weight is 681 g/mol. The maximum Gasteiger partial charge on any atom is 0.303 e. The van der Waals surface area contributed by atoms with Crippen molar-refractivity contribution in [3.8, 4) is 0 Å². The van der Waals surface area contributed by atoms with Crippen LogP contribution in [0.3, 0.4) is 0 Å². The molecule has 1 aliphatic rings. The van der Waals surface area contributed by atoms with Gasteiger partial charge in [0.15, 0.2) is 6.29 Å². The Morgan fingerprint density at radius 1 is 0.917 bits per heavy atom. The summed E-state index contributed by atoms with van der Waals surface area (Å²) in [5.41, 5.74) is 1.44. The number of amides is 4. The summed E-state index contributed by atoms with van der Waals surface area (Å²) in [7, 11) is 0. The fourth-order valence-corrected chi connectivity index (χ4v) is 4.75. The highest BCUT2D eigenvalue weighted by Crippen LogP contribution is 2.26. The summed E-state index contributed by atoms with van der Waals surface area (Å²) in [4.78, 5) is 83.4. The Hall–Kier alpha value is -4.45. The fraction of sp³-hybridized carbons (Fsp3) is 0.581. The van der Waals surface area contributed by atoms with Crippen LogP contribution in [0.4, 0.5) is 5.69 Å². The first-order chi connectivity index (χ1) is 22.5. The number of esters is 1. The van der Waals surface area contributed by atoms with Crippen LogP contribution < -0.4 is 21.3 Å². The van der Waals surface area contributed by atoms with Gasteiger partial charge in [0.05, 0.1) is 19.1 Å². The van der Waals surface area contributed by atoms with Crippen molar-refractivity contribution in [3.05, 3.63) is 29.3 Å². The molecule has 0 spiro atoms. The molecule has 0 saturated carbocycles. The van der Waals surface area contributed by atoms with Crippen LogP contribution in [0.15, 0.2) is 18.2 Å². The molecule has 1 aromatic carbocycles. The molecule has 17 nitrogen and oxygen atoms in total. The van der Waals surface area contributed by atoms with Gasteiger partial charge in [-0.15, -0.1) is 0 Å². The molecule has 17 heteroatoms. The third-order valence-corrected chi connectivity index (χ3v) is 7.52. The summed E-state index contributed by atoms with van der Waals surface area (Å²) in [5, 5.41) is 49.1. The summed E-state index contributed by atoms with van der Waals surface area (Å²) in [6.45, 7) is 5.41. The lowest BCUT2D eigenvalue weighted by Gasteiger charge is -2.38. The Bertz CT molecular complexity index is 1340. The van der Waals surface area contributed by atoms with Crippen LogP contribution >= 0.6 is 0 Å². The highest BCUT2D eigenvalue weighted by atomic mass is 16.5. The lowest BCUT2D eigenvalue weighted by molar-refractivity contribution is -0.216. The van der Waals surface area contributed by atoms with E-state index in [1.807, 2.05) is 0 Å². The number of carboxylic acids is 1. The molecule has 2 rings (SSSR count). The van der Waals surface area contributed by atoms with E-state index in [9.17, 15) is 48.9 Å². The number of benzene rings is 1. The first-order valence-electron chi connectivity index (χ1n) is 15.3. The third-order valence-electron chi connectivity index (χ3n) is 7.52. The molecule has 4 amide bonds. The van der Waals surface area contributed by atoms with Crippen molar-refractivity contribution in [1.82, 2.24) is 16.0 Å². The van der Waals surface area contributed by atoms with Gasteiger partial charge in [-0.25, -0.2) is 0 Å². The molecule has 0 unspecified atom stereocenters. The van der Waals surface area contributed by atoms with Crippen molar-refractivity contribution in [2.75, 3.05) is 11.9 Å². The molecule has 266 valence electrons.